The van der Waals surface area contributed by atoms with Crippen LogP contribution in [0.5, 0.6) is 0 Å². The second-order valence-electron chi connectivity index (χ2n) is 3.46. The molecular formula is C10H11Br. The van der Waals surface area contributed by atoms with Crippen LogP contribution in [0.25, 0.3) is 0 Å². The van der Waals surface area contributed by atoms with Crippen molar-refractivity contribution in [2.75, 3.05) is 0 Å². The average Bonchev–Trinajstić information content (AvgIpc) is 2.64. The van der Waals surface area contributed by atoms with Crippen LogP contribution >= 0.6 is 15.9 Å². The van der Waals surface area contributed by atoms with Crippen LogP contribution in [0.3, 0.4) is 0 Å². The quantitative estimate of drug-likeness (QED) is 0.626. The first kappa shape index (κ1) is 7.35. The number of rotatable bonds is 1. The van der Waals surface area contributed by atoms with Crippen LogP contribution in [-0.4, -0.2) is 4.83 Å². The van der Waals surface area contributed by atoms with Gasteiger partial charge in [-0.3, -0.25) is 0 Å². The molecule has 0 aliphatic heterocycles. The van der Waals surface area contributed by atoms with Gasteiger partial charge in [0.05, 0.1) is 0 Å². The van der Waals surface area contributed by atoms with E-state index in [-0.39, 0.29) is 0 Å². The summed E-state index contributed by atoms with van der Waals surface area (Å²) in [5, 5.41) is 0. The summed E-state index contributed by atoms with van der Waals surface area (Å²) in [6.45, 7) is 2.31. The second-order valence-corrected chi connectivity index (χ2v) is 4.56. The van der Waals surface area contributed by atoms with Crippen molar-refractivity contribution >= 4 is 15.9 Å². The first-order valence-electron chi connectivity index (χ1n) is 3.93. The van der Waals surface area contributed by atoms with Crippen molar-refractivity contribution in [2.24, 2.45) is 0 Å². The van der Waals surface area contributed by atoms with E-state index < -0.39 is 0 Å². The van der Waals surface area contributed by atoms with E-state index in [0.717, 1.165) is 0 Å². The lowest BCUT2D eigenvalue weighted by Gasteiger charge is -2.07. The normalized spacial score (nSPS) is 35.3. The Balaban J connectivity index is 2.32. The molecule has 0 saturated heterocycles. The maximum atomic E-state index is 3.64. The third kappa shape index (κ3) is 1.12. The summed E-state index contributed by atoms with van der Waals surface area (Å²) in [5.74, 6) is 0. The molecule has 2 rings (SSSR count). The zero-order valence-electron chi connectivity index (χ0n) is 6.55. The Morgan fingerprint density at radius 2 is 1.91 bits per heavy atom. The molecule has 0 amide bonds. The summed E-state index contributed by atoms with van der Waals surface area (Å²) in [7, 11) is 0. The highest BCUT2D eigenvalue weighted by Crippen LogP contribution is 2.52. The molecule has 1 aliphatic carbocycles. The van der Waals surface area contributed by atoms with E-state index in [2.05, 4.69) is 53.2 Å². The van der Waals surface area contributed by atoms with Crippen LogP contribution in [0.4, 0.5) is 0 Å². The molecule has 2 atom stereocenters. The molecule has 1 heteroatoms. The predicted molar refractivity (Wildman–Crippen MR) is 51.1 cm³/mol. The monoisotopic (exact) mass is 210 g/mol. The summed E-state index contributed by atoms with van der Waals surface area (Å²) in [4.78, 5) is 0.692. The van der Waals surface area contributed by atoms with E-state index in [0.29, 0.717) is 10.2 Å². The van der Waals surface area contributed by atoms with E-state index in [1.165, 1.54) is 12.0 Å². The smallest absolute Gasteiger partial charge is 0.0249 e. The Hall–Kier alpha value is -0.300. The van der Waals surface area contributed by atoms with Gasteiger partial charge in [0, 0.05) is 10.2 Å². The minimum absolute atomic E-state index is 0.418. The van der Waals surface area contributed by atoms with E-state index in [1.54, 1.807) is 0 Å². The Morgan fingerprint density at radius 1 is 1.36 bits per heavy atom. The molecule has 1 aromatic rings. The number of halogens is 1. The fourth-order valence-electron chi connectivity index (χ4n) is 1.43. The largest absolute Gasteiger partial charge is 0.0881 e. The van der Waals surface area contributed by atoms with Gasteiger partial charge in [0.15, 0.2) is 0 Å². The number of benzene rings is 1. The second kappa shape index (κ2) is 2.34. The summed E-state index contributed by atoms with van der Waals surface area (Å²) < 4.78 is 0. The highest BCUT2D eigenvalue weighted by atomic mass is 79.9. The summed E-state index contributed by atoms with van der Waals surface area (Å²) in [5.41, 5.74) is 1.88. The highest BCUT2D eigenvalue weighted by Gasteiger charge is 2.49. The van der Waals surface area contributed by atoms with E-state index in [9.17, 15) is 0 Å². The molecule has 0 N–H and O–H groups in total. The Labute approximate surface area is 75.8 Å². The lowest BCUT2D eigenvalue weighted by molar-refractivity contribution is 0.795. The van der Waals surface area contributed by atoms with Crippen LogP contribution in [-0.2, 0) is 5.41 Å². The van der Waals surface area contributed by atoms with Gasteiger partial charge in [0.2, 0.25) is 0 Å². The molecule has 1 fully saturated rings. The average molecular weight is 211 g/mol. The number of alkyl halides is 1. The van der Waals surface area contributed by atoms with Crippen molar-refractivity contribution < 1.29 is 0 Å². The summed E-state index contributed by atoms with van der Waals surface area (Å²) in [6, 6.07) is 10.7. The standard InChI is InChI=1S/C10H11Br/c1-10(7-9(10)11)8-5-3-2-4-6-8/h2-6,9H,7H2,1H3/t9-,10-/m1/s1. The van der Waals surface area contributed by atoms with Gasteiger partial charge < -0.3 is 0 Å². The molecule has 0 bridgehead atoms. The SMILES string of the molecule is C[C@]1(c2ccccc2)C[C@H]1Br. The van der Waals surface area contributed by atoms with Crippen LogP contribution < -0.4 is 0 Å². The third-order valence-corrected chi connectivity index (χ3v) is 3.90. The minimum atomic E-state index is 0.418. The van der Waals surface area contributed by atoms with E-state index >= 15 is 0 Å². The maximum absolute atomic E-state index is 3.64. The van der Waals surface area contributed by atoms with E-state index in [4.69, 9.17) is 0 Å². The van der Waals surface area contributed by atoms with Gasteiger partial charge in [0.1, 0.15) is 0 Å². The maximum Gasteiger partial charge on any atom is 0.0249 e. The van der Waals surface area contributed by atoms with Crippen LogP contribution in [0.15, 0.2) is 30.3 Å². The number of hydrogen-bond donors (Lipinski definition) is 0. The molecule has 0 heterocycles. The molecule has 0 radical (unpaired) electrons. The van der Waals surface area contributed by atoms with Crippen LogP contribution in [0.1, 0.15) is 18.9 Å². The van der Waals surface area contributed by atoms with Crippen molar-refractivity contribution in [3.8, 4) is 0 Å². The van der Waals surface area contributed by atoms with Gasteiger partial charge in [-0.05, 0) is 12.0 Å². The topological polar surface area (TPSA) is 0 Å². The third-order valence-electron chi connectivity index (χ3n) is 2.57. The molecule has 58 valence electrons. The van der Waals surface area contributed by atoms with Gasteiger partial charge >= 0.3 is 0 Å². The van der Waals surface area contributed by atoms with Gasteiger partial charge in [-0.15, -0.1) is 0 Å². The van der Waals surface area contributed by atoms with Crippen molar-refractivity contribution in [3.63, 3.8) is 0 Å². The Bertz CT molecular complexity index is 255. The lowest BCUT2D eigenvalue weighted by Crippen LogP contribution is -2.02. The minimum Gasteiger partial charge on any atom is -0.0881 e. The van der Waals surface area contributed by atoms with Crippen LogP contribution in [0.2, 0.25) is 0 Å². The van der Waals surface area contributed by atoms with E-state index in [1.807, 2.05) is 0 Å². The summed E-state index contributed by atoms with van der Waals surface area (Å²) in [6.07, 6.45) is 1.27. The van der Waals surface area contributed by atoms with Crippen molar-refractivity contribution in [2.45, 2.75) is 23.6 Å². The summed E-state index contributed by atoms with van der Waals surface area (Å²) >= 11 is 3.64. The fraction of sp³-hybridized carbons (Fsp3) is 0.400. The Morgan fingerprint density at radius 3 is 2.36 bits per heavy atom. The fourth-order valence-corrected chi connectivity index (χ4v) is 2.37. The highest BCUT2D eigenvalue weighted by molar-refractivity contribution is 9.09. The first-order chi connectivity index (χ1) is 5.23. The number of hydrogen-bond acceptors (Lipinski definition) is 0. The molecule has 1 aliphatic rings. The lowest BCUT2D eigenvalue weighted by atomic mass is 9.99. The van der Waals surface area contributed by atoms with Crippen molar-refractivity contribution in [1.82, 2.24) is 0 Å². The van der Waals surface area contributed by atoms with Crippen molar-refractivity contribution in [3.05, 3.63) is 35.9 Å². The molecule has 11 heavy (non-hydrogen) atoms. The van der Waals surface area contributed by atoms with Crippen LogP contribution in [0, 0.1) is 0 Å². The first-order valence-corrected chi connectivity index (χ1v) is 4.85. The molecule has 1 aromatic carbocycles. The molecule has 0 spiro atoms. The van der Waals surface area contributed by atoms with Gasteiger partial charge in [-0.1, -0.05) is 53.2 Å². The van der Waals surface area contributed by atoms with Crippen molar-refractivity contribution in [1.29, 1.82) is 0 Å². The molecular weight excluding hydrogens is 200 g/mol. The van der Waals surface area contributed by atoms with Gasteiger partial charge in [-0.2, -0.15) is 0 Å². The van der Waals surface area contributed by atoms with Gasteiger partial charge in [-0.25, -0.2) is 0 Å². The molecule has 0 aromatic heterocycles. The zero-order chi connectivity index (χ0) is 7.90. The Kier molecular flexibility index (Phi) is 1.57. The molecule has 1 saturated carbocycles. The molecule has 0 nitrogen and oxygen atoms in total. The zero-order valence-corrected chi connectivity index (χ0v) is 8.14. The van der Waals surface area contributed by atoms with Gasteiger partial charge in [0.25, 0.3) is 0 Å². The molecule has 0 unspecified atom stereocenters. The predicted octanol–water partition coefficient (Wildman–Crippen LogP) is 3.11.